The van der Waals surface area contributed by atoms with Gasteiger partial charge in [-0.25, -0.2) is 8.42 Å². The predicted molar refractivity (Wildman–Crippen MR) is 83.6 cm³/mol. The van der Waals surface area contributed by atoms with Crippen molar-refractivity contribution in [2.24, 2.45) is 5.92 Å². The number of nitrogens with two attached hydrogens (primary N) is 1. The number of rotatable bonds is 6. The van der Waals surface area contributed by atoms with Gasteiger partial charge in [-0.05, 0) is 37.0 Å². The van der Waals surface area contributed by atoms with Crippen LogP contribution in [0.4, 0.5) is 11.4 Å². The Morgan fingerprint density at radius 3 is 2.60 bits per heavy atom. The van der Waals surface area contributed by atoms with E-state index in [1.807, 2.05) is 0 Å². The average molecular weight is 296 g/mol. The molecule has 3 N–H and O–H groups in total. The topological polar surface area (TPSA) is 72.2 Å². The zero-order chi connectivity index (χ0) is 14.6. The van der Waals surface area contributed by atoms with E-state index < -0.39 is 9.84 Å². The van der Waals surface area contributed by atoms with Gasteiger partial charge in [-0.2, -0.15) is 0 Å². The van der Waals surface area contributed by atoms with Gasteiger partial charge in [-0.3, -0.25) is 0 Å². The number of anilines is 2. The van der Waals surface area contributed by atoms with Gasteiger partial charge in [-0.1, -0.05) is 25.7 Å². The molecule has 0 unspecified atom stereocenters. The van der Waals surface area contributed by atoms with Crippen LogP contribution in [0.25, 0.3) is 0 Å². The molecule has 1 aliphatic carbocycles. The van der Waals surface area contributed by atoms with Crippen LogP contribution in [0.2, 0.25) is 0 Å². The molecule has 20 heavy (non-hydrogen) atoms. The summed E-state index contributed by atoms with van der Waals surface area (Å²) in [5, 5.41) is 3.30. The molecule has 0 atom stereocenters. The third kappa shape index (κ3) is 4.13. The molecule has 0 radical (unpaired) electrons. The van der Waals surface area contributed by atoms with Gasteiger partial charge in [0.05, 0.1) is 16.3 Å². The van der Waals surface area contributed by atoms with E-state index in [4.69, 9.17) is 5.73 Å². The molecule has 0 amide bonds. The molecule has 1 aromatic rings. The second kappa shape index (κ2) is 6.48. The van der Waals surface area contributed by atoms with E-state index in [1.165, 1.54) is 44.4 Å². The van der Waals surface area contributed by atoms with Crippen molar-refractivity contribution in [1.29, 1.82) is 0 Å². The Balaban J connectivity index is 1.83. The molecule has 0 spiro atoms. The van der Waals surface area contributed by atoms with Crippen LogP contribution in [0.5, 0.6) is 0 Å². The Kier molecular flexibility index (Phi) is 4.91. The highest BCUT2D eigenvalue weighted by atomic mass is 32.2. The van der Waals surface area contributed by atoms with Crippen LogP contribution in [0.1, 0.15) is 38.5 Å². The normalized spacial score (nSPS) is 16.4. The maximum atomic E-state index is 11.4. The van der Waals surface area contributed by atoms with Gasteiger partial charge in [0.25, 0.3) is 0 Å². The van der Waals surface area contributed by atoms with Crippen molar-refractivity contribution in [3.8, 4) is 0 Å². The van der Waals surface area contributed by atoms with Crippen LogP contribution in [0.15, 0.2) is 23.1 Å². The third-order valence-corrected chi connectivity index (χ3v) is 5.14. The first-order valence-corrected chi connectivity index (χ1v) is 9.19. The Morgan fingerprint density at radius 2 is 2.00 bits per heavy atom. The van der Waals surface area contributed by atoms with Crippen LogP contribution in [-0.2, 0) is 9.84 Å². The Hall–Kier alpha value is -1.23. The van der Waals surface area contributed by atoms with E-state index in [1.54, 1.807) is 12.1 Å². The summed E-state index contributed by atoms with van der Waals surface area (Å²) < 4.78 is 22.9. The van der Waals surface area contributed by atoms with E-state index in [-0.39, 0.29) is 4.90 Å². The number of hydrogen-bond acceptors (Lipinski definition) is 4. The monoisotopic (exact) mass is 296 g/mol. The number of hydrogen-bond donors (Lipinski definition) is 2. The van der Waals surface area contributed by atoms with Crippen LogP contribution < -0.4 is 11.1 Å². The van der Waals surface area contributed by atoms with E-state index in [0.29, 0.717) is 5.69 Å². The van der Waals surface area contributed by atoms with E-state index in [0.717, 1.165) is 24.6 Å². The molecule has 1 aromatic carbocycles. The van der Waals surface area contributed by atoms with Crippen LogP contribution in [-0.4, -0.2) is 21.2 Å². The summed E-state index contributed by atoms with van der Waals surface area (Å²) in [7, 11) is -3.19. The molecular weight excluding hydrogens is 272 g/mol. The van der Waals surface area contributed by atoms with E-state index in [9.17, 15) is 8.42 Å². The molecule has 0 heterocycles. The molecule has 0 aliphatic heterocycles. The molecule has 1 fully saturated rings. The highest BCUT2D eigenvalue weighted by Crippen LogP contribution is 2.28. The Bertz CT molecular complexity index is 549. The lowest BCUT2D eigenvalue weighted by Crippen LogP contribution is -2.07. The second-order valence-corrected chi connectivity index (χ2v) is 7.76. The average Bonchev–Trinajstić information content (AvgIpc) is 2.88. The minimum Gasteiger partial charge on any atom is -0.397 e. The number of benzene rings is 1. The summed E-state index contributed by atoms with van der Waals surface area (Å²) in [5.74, 6) is 0.904. The first-order chi connectivity index (χ1) is 9.47. The SMILES string of the molecule is CS(=O)(=O)c1ccc(NCCCC2CCCC2)c(N)c1. The largest absolute Gasteiger partial charge is 0.397 e. The summed E-state index contributed by atoms with van der Waals surface area (Å²) in [6.45, 7) is 0.888. The Labute approximate surface area is 121 Å². The van der Waals surface area contributed by atoms with Gasteiger partial charge < -0.3 is 11.1 Å². The molecule has 0 aromatic heterocycles. The first kappa shape index (κ1) is 15.2. The van der Waals surface area contributed by atoms with Gasteiger partial charge in [0.15, 0.2) is 9.84 Å². The lowest BCUT2D eigenvalue weighted by molar-refractivity contribution is 0.491. The zero-order valence-electron chi connectivity index (χ0n) is 12.1. The Morgan fingerprint density at radius 1 is 1.30 bits per heavy atom. The molecule has 1 saturated carbocycles. The molecule has 2 rings (SSSR count). The number of nitrogen functional groups attached to an aromatic ring is 1. The molecule has 4 nitrogen and oxygen atoms in total. The summed E-state index contributed by atoms with van der Waals surface area (Å²) in [5.41, 5.74) is 7.21. The minimum atomic E-state index is -3.19. The first-order valence-electron chi connectivity index (χ1n) is 7.30. The fourth-order valence-corrected chi connectivity index (χ4v) is 3.50. The van der Waals surface area contributed by atoms with Crippen molar-refractivity contribution in [3.05, 3.63) is 18.2 Å². The van der Waals surface area contributed by atoms with Crippen molar-refractivity contribution in [2.45, 2.75) is 43.4 Å². The van der Waals surface area contributed by atoms with E-state index >= 15 is 0 Å². The van der Waals surface area contributed by atoms with Gasteiger partial charge in [0.1, 0.15) is 0 Å². The van der Waals surface area contributed by atoms with Crippen molar-refractivity contribution in [2.75, 3.05) is 23.9 Å². The standard InChI is InChI=1S/C15H24N2O2S/c1-20(18,19)13-8-9-15(14(16)11-13)17-10-4-7-12-5-2-3-6-12/h8-9,11-12,17H,2-7,10,16H2,1H3. The molecule has 1 aliphatic rings. The maximum Gasteiger partial charge on any atom is 0.175 e. The van der Waals surface area contributed by atoms with Crippen LogP contribution in [0, 0.1) is 5.92 Å². The lowest BCUT2D eigenvalue weighted by atomic mass is 10.0. The summed E-state index contributed by atoms with van der Waals surface area (Å²) in [6, 6.07) is 4.88. The van der Waals surface area contributed by atoms with Gasteiger partial charge in [-0.15, -0.1) is 0 Å². The van der Waals surface area contributed by atoms with Crippen molar-refractivity contribution in [1.82, 2.24) is 0 Å². The fourth-order valence-electron chi connectivity index (χ4n) is 2.85. The van der Waals surface area contributed by atoms with Gasteiger partial charge >= 0.3 is 0 Å². The summed E-state index contributed by atoms with van der Waals surface area (Å²) in [6.07, 6.45) is 9.13. The molecule has 0 saturated heterocycles. The van der Waals surface area contributed by atoms with Gasteiger partial charge in [0.2, 0.25) is 0 Å². The molecule has 5 heteroatoms. The van der Waals surface area contributed by atoms with Gasteiger partial charge in [0, 0.05) is 12.8 Å². The highest BCUT2D eigenvalue weighted by Gasteiger charge is 2.14. The maximum absolute atomic E-state index is 11.4. The molecule has 112 valence electrons. The van der Waals surface area contributed by atoms with Crippen LogP contribution >= 0.6 is 0 Å². The number of sulfone groups is 1. The van der Waals surface area contributed by atoms with Crippen molar-refractivity contribution < 1.29 is 8.42 Å². The summed E-state index contributed by atoms with van der Waals surface area (Å²) in [4.78, 5) is 0.270. The second-order valence-electron chi connectivity index (χ2n) is 5.74. The number of nitrogens with one attached hydrogen (secondary N) is 1. The van der Waals surface area contributed by atoms with Crippen molar-refractivity contribution >= 4 is 21.2 Å². The molecule has 0 bridgehead atoms. The fraction of sp³-hybridized carbons (Fsp3) is 0.600. The zero-order valence-corrected chi connectivity index (χ0v) is 12.9. The van der Waals surface area contributed by atoms with Crippen molar-refractivity contribution in [3.63, 3.8) is 0 Å². The third-order valence-electron chi connectivity index (χ3n) is 4.03. The van der Waals surface area contributed by atoms with Crippen LogP contribution in [0.3, 0.4) is 0 Å². The van der Waals surface area contributed by atoms with E-state index in [2.05, 4.69) is 5.32 Å². The molecular formula is C15H24N2O2S. The minimum absolute atomic E-state index is 0.270. The predicted octanol–water partition coefficient (Wildman–Crippen LogP) is 3.05. The lowest BCUT2D eigenvalue weighted by Gasteiger charge is -2.12. The smallest absolute Gasteiger partial charge is 0.175 e. The summed E-state index contributed by atoms with van der Waals surface area (Å²) >= 11 is 0. The highest BCUT2D eigenvalue weighted by molar-refractivity contribution is 7.90. The quantitative estimate of drug-likeness (QED) is 0.625.